The standard InChI is InChI=1S/C94H70BN5O2/c1-93(2,3)61-42-47-65(48-43-61)99-81-54-52-74-72-30-17-20-38-87(72)102-92(74)90(81)95-77-53-51-68(97(82-36-21-32-73-71-29-16-19-37-86(71)101-91(73)82)67-46-41-60-40-39-59-23-13-14-28-70(59)76(60)55-67)56-83(77)100(66-49-44-62(45-50-66)94(4,5)6)85-58-69(57-84(99)89(85)95)96(63-24-9-7-10-25-63)79-34-22-35-80-88(79)75-31-15-18-33-78(75)98(80)64-26-11-8-12-27-64/h7-58H,1-6H3. The lowest BCUT2D eigenvalue weighted by molar-refractivity contribution is 0.590. The largest absolute Gasteiger partial charge is 0.457 e. The van der Waals surface area contributed by atoms with Crippen molar-refractivity contribution >= 4 is 179 Å². The third-order valence-electron chi connectivity index (χ3n) is 21.6. The van der Waals surface area contributed by atoms with Crippen LogP contribution >= 0.6 is 0 Å². The van der Waals surface area contributed by atoms with Gasteiger partial charge in [-0.1, -0.05) is 224 Å². The van der Waals surface area contributed by atoms with Crippen LogP contribution in [0.4, 0.5) is 68.2 Å². The molecule has 7 nitrogen and oxygen atoms in total. The zero-order valence-corrected chi connectivity index (χ0v) is 57.7. The first-order valence-corrected chi connectivity index (χ1v) is 35.5. The van der Waals surface area contributed by atoms with E-state index in [2.05, 4.69) is 381 Å². The minimum absolute atomic E-state index is 0.0772. The van der Waals surface area contributed by atoms with Gasteiger partial charge in [0.15, 0.2) is 5.58 Å². The number of anilines is 12. The van der Waals surface area contributed by atoms with Crippen LogP contribution in [-0.2, 0) is 10.8 Å². The average Bonchev–Trinajstić information content (AvgIpc) is 0.827. The molecule has 0 amide bonds. The fourth-order valence-electron chi connectivity index (χ4n) is 16.8. The summed E-state index contributed by atoms with van der Waals surface area (Å²) in [7, 11) is 0. The van der Waals surface area contributed by atoms with Gasteiger partial charge >= 0.3 is 0 Å². The molecule has 5 heterocycles. The zero-order chi connectivity index (χ0) is 68.3. The van der Waals surface area contributed by atoms with E-state index in [1.165, 1.54) is 43.5 Å². The fraction of sp³-hybridized carbons (Fsp3) is 0.0851. The second-order valence-electron chi connectivity index (χ2n) is 29.6. The van der Waals surface area contributed by atoms with E-state index in [4.69, 9.17) is 8.83 Å². The van der Waals surface area contributed by atoms with E-state index in [-0.39, 0.29) is 17.5 Å². The fourth-order valence-corrected chi connectivity index (χ4v) is 16.8. The Morgan fingerprint density at radius 1 is 0.304 bits per heavy atom. The number of aromatic nitrogens is 1. The number of benzene rings is 15. The van der Waals surface area contributed by atoms with Crippen molar-refractivity contribution in [2.24, 2.45) is 0 Å². The van der Waals surface area contributed by atoms with Crippen LogP contribution in [0.25, 0.3) is 92.9 Å². The van der Waals surface area contributed by atoms with E-state index in [0.717, 1.165) is 145 Å². The van der Waals surface area contributed by atoms with Gasteiger partial charge in [-0.2, -0.15) is 0 Å². The van der Waals surface area contributed by atoms with Crippen molar-refractivity contribution in [3.05, 3.63) is 327 Å². The van der Waals surface area contributed by atoms with Crippen LogP contribution in [0.2, 0.25) is 0 Å². The summed E-state index contributed by atoms with van der Waals surface area (Å²) in [6, 6.07) is 117. The predicted octanol–water partition coefficient (Wildman–Crippen LogP) is 24.5. The Morgan fingerprint density at radius 2 is 0.804 bits per heavy atom. The predicted molar refractivity (Wildman–Crippen MR) is 431 cm³/mol. The molecule has 3 aromatic heterocycles. The second kappa shape index (κ2) is 22.5. The van der Waals surface area contributed by atoms with E-state index in [1.807, 2.05) is 0 Å². The Bertz CT molecular complexity index is 6430. The van der Waals surface area contributed by atoms with Crippen LogP contribution in [0.5, 0.6) is 0 Å². The zero-order valence-electron chi connectivity index (χ0n) is 57.7. The average molecular weight is 1310 g/mol. The maximum atomic E-state index is 7.41. The highest BCUT2D eigenvalue weighted by atomic mass is 16.3. The molecule has 0 unspecified atom stereocenters. The summed E-state index contributed by atoms with van der Waals surface area (Å²) < 4.78 is 16.9. The highest BCUT2D eigenvalue weighted by Gasteiger charge is 2.46. The van der Waals surface area contributed by atoms with E-state index >= 15 is 0 Å². The molecule has 8 heteroatoms. The summed E-state index contributed by atoms with van der Waals surface area (Å²) in [6.07, 6.45) is 0. The van der Waals surface area contributed by atoms with Crippen molar-refractivity contribution in [1.29, 1.82) is 0 Å². The molecule has 0 spiro atoms. The highest BCUT2D eigenvalue weighted by Crippen LogP contribution is 2.53. The normalized spacial score (nSPS) is 12.9. The minimum Gasteiger partial charge on any atom is -0.457 e. The molecule has 0 fully saturated rings. The molecule has 0 aliphatic carbocycles. The maximum Gasteiger partial charge on any atom is 0.257 e. The van der Waals surface area contributed by atoms with E-state index in [9.17, 15) is 0 Å². The van der Waals surface area contributed by atoms with Crippen molar-refractivity contribution in [3.63, 3.8) is 0 Å². The Labute approximate surface area is 592 Å². The molecule has 0 atom stereocenters. The van der Waals surface area contributed by atoms with E-state index < -0.39 is 0 Å². The molecule has 102 heavy (non-hydrogen) atoms. The van der Waals surface area contributed by atoms with Gasteiger partial charge in [-0.3, -0.25) is 0 Å². The molecule has 20 rings (SSSR count). The number of furan rings is 2. The molecule has 0 radical (unpaired) electrons. The smallest absolute Gasteiger partial charge is 0.257 e. The van der Waals surface area contributed by atoms with E-state index in [1.54, 1.807) is 0 Å². The third kappa shape index (κ3) is 9.15. The lowest BCUT2D eigenvalue weighted by Crippen LogP contribution is -2.61. The molecule has 486 valence electrons. The number of para-hydroxylation sites is 6. The van der Waals surface area contributed by atoms with Gasteiger partial charge in [-0.25, -0.2) is 0 Å². The van der Waals surface area contributed by atoms with Gasteiger partial charge in [0, 0.05) is 89.2 Å². The molecule has 0 saturated carbocycles. The van der Waals surface area contributed by atoms with Crippen molar-refractivity contribution in [1.82, 2.24) is 4.57 Å². The molecular weight excluding hydrogens is 1240 g/mol. The summed E-state index contributed by atoms with van der Waals surface area (Å²) >= 11 is 0. The van der Waals surface area contributed by atoms with Crippen LogP contribution in [0.3, 0.4) is 0 Å². The van der Waals surface area contributed by atoms with Gasteiger partial charge < -0.3 is 33.0 Å². The van der Waals surface area contributed by atoms with E-state index in [0.29, 0.717) is 0 Å². The minimum atomic E-state index is -0.334. The summed E-state index contributed by atoms with van der Waals surface area (Å²) in [6.45, 7) is 13.5. The topological polar surface area (TPSA) is 44.2 Å². The van der Waals surface area contributed by atoms with Gasteiger partial charge in [0.2, 0.25) is 0 Å². The molecule has 2 aliphatic rings. The van der Waals surface area contributed by atoms with Crippen LogP contribution in [0.1, 0.15) is 52.7 Å². The van der Waals surface area contributed by atoms with Gasteiger partial charge in [-0.05, 0) is 193 Å². The van der Waals surface area contributed by atoms with Crippen molar-refractivity contribution in [3.8, 4) is 5.69 Å². The van der Waals surface area contributed by atoms with Crippen LogP contribution in [0, 0.1) is 0 Å². The molecule has 0 N–H and O–H groups in total. The Morgan fingerprint density at radius 3 is 1.49 bits per heavy atom. The quantitative estimate of drug-likeness (QED) is 0.106. The molecule has 15 aromatic carbocycles. The number of hydrogen-bond acceptors (Lipinski definition) is 6. The Kier molecular flexibility index (Phi) is 13.1. The van der Waals surface area contributed by atoms with Crippen molar-refractivity contribution in [2.75, 3.05) is 19.6 Å². The lowest BCUT2D eigenvalue weighted by atomic mass is 9.33. The monoisotopic (exact) mass is 1310 g/mol. The first-order valence-electron chi connectivity index (χ1n) is 35.5. The maximum absolute atomic E-state index is 7.41. The SMILES string of the molecule is CC(C)(C)c1ccc(N2c3cc(N(c4ccc5ccc6ccccc6c5c4)c4cccc5c4oc4ccccc45)ccc3B3c4c2cc(N(c2ccccc2)c2cccc5c2c2ccccc2n5-c2ccccc2)cc4N(c2ccc(C(C)(C)C)cc2)c2ccc4c(oc5ccccc54)c23)cc1. The number of nitrogens with zero attached hydrogens (tertiary/aromatic N) is 5. The number of rotatable bonds is 9. The summed E-state index contributed by atoms with van der Waals surface area (Å²) in [5.41, 5.74) is 24.9. The molecule has 18 aromatic rings. The summed E-state index contributed by atoms with van der Waals surface area (Å²) in [5, 5.41) is 11.4. The van der Waals surface area contributed by atoms with Gasteiger partial charge in [0.05, 0.1) is 28.1 Å². The Hall–Kier alpha value is -12.5. The summed E-state index contributed by atoms with van der Waals surface area (Å²) in [5.74, 6) is 0. The van der Waals surface area contributed by atoms with Crippen LogP contribution in [0.15, 0.2) is 324 Å². The molecule has 2 aliphatic heterocycles. The van der Waals surface area contributed by atoms with Crippen molar-refractivity contribution in [2.45, 2.75) is 52.4 Å². The lowest BCUT2D eigenvalue weighted by Gasteiger charge is -2.45. The van der Waals surface area contributed by atoms with Crippen LogP contribution in [-0.4, -0.2) is 11.3 Å². The first kappa shape index (κ1) is 59.5. The second-order valence-corrected chi connectivity index (χ2v) is 29.6. The third-order valence-corrected chi connectivity index (χ3v) is 21.6. The number of hydrogen-bond donors (Lipinski definition) is 0. The van der Waals surface area contributed by atoms with Gasteiger partial charge in [-0.15, -0.1) is 0 Å². The highest BCUT2D eigenvalue weighted by molar-refractivity contribution is 7.01. The van der Waals surface area contributed by atoms with Crippen LogP contribution < -0.4 is 36.0 Å². The molecule has 0 bridgehead atoms. The molecule has 0 saturated heterocycles. The Balaban J connectivity index is 0.922. The van der Waals surface area contributed by atoms with Crippen molar-refractivity contribution < 1.29 is 8.83 Å². The van der Waals surface area contributed by atoms with Gasteiger partial charge in [0.25, 0.3) is 6.71 Å². The first-order chi connectivity index (χ1) is 49.9. The van der Waals surface area contributed by atoms with Gasteiger partial charge in [0.1, 0.15) is 16.7 Å². The molecular formula is C94H70BN5O2. The number of fused-ring (bicyclic) bond motifs is 17. The summed E-state index contributed by atoms with van der Waals surface area (Å²) in [4.78, 5) is 10.1.